The molecular formula is C17H32N2O. The van der Waals surface area contributed by atoms with Crippen molar-refractivity contribution in [3.63, 3.8) is 0 Å². The number of methoxy groups -OCH3 is 1. The van der Waals surface area contributed by atoms with Gasteiger partial charge in [0.2, 0.25) is 0 Å². The van der Waals surface area contributed by atoms with Gasteiger partial charge in [-0.05, 0) is 56.9 Å². The third kappa shape index (κ3) is 3.96. The summed E-state index contributed by atoms with van der Waals surface area (Å²) < 4.78 is 5.35. The van der Waals surface area contributed by atoms with E-state index < -0.39 is 0 Å². The van der Waals surface area contributed by atoms with Gasteiger partial charge in [0.15, 0.2) is 0 Å². The fraction of sp³-hybridized carbons (Fsp3) is 1.00. The molecular weight excluding hydrogens is 248 g/mol. The number of hydrogen-bond acceptors (Lipinski definition) is 3. The molecule has 20 heavy (non-hydrogen) atoms. The second-order valence-electron chi connectivity index (χ2n) is 7.20. The van der Waals surface area contributed by atoms with Crippen LogP contribution in [0.5, 0.6) is 0 Å². The Morgan fingerprint density at radius 3 is 2.65 bits per heavy atom. The molecule has 3 atom stereocenters. The van der Waals surface area contributed by atoms with Crippen LogP contribution >= 0.6 is 0 Å². The van der Waals surface area contributed by atoms with E-state index in [-0.39, 0.29) is 0 Å². The Kier molecular flexibility index (Phi) is 5.36. The highest BCUT2D eigenvalue weighted by molar-refractivity contribution is 4.90. The maximum absolute atomic E-state index is 5.35. The highest BCUT2D eigenvalue weighted by Gasteiger charge is 2.36. The third-order valence-electron chi connectivity index (χ3n) is 5.69. The van der Waals surface area contributed by atoms with E-state index in [9.17, 15) is 0 Å². The molecule has 2 saturated carbocycles. The molecule has 0 aromatic heterocycles. The monoisotopic (exact) mass is 280 g/mol. The fourth-order valence-electron chi connectivity index (χ4n) is 4.36. The molecule has 1 saturated heterocycles. The van der Waals surface area contributed by atoms with Crippen molar-refractivity contribution in [2.75, 3.05) is 33.4 Å². The van der Waals surface area contributed by atoms with Crippen LogP contribution in [0.1, 0.15) is 51.4 Å². The molecule has 0 radical (unpaired) electrons. The Morgan fingerprint density at radius 1 is 1.05 bits per heavy atom. The van der Waals surface area contributed by atoms with Gasteiger partial charge in [-0.2, -0.15) is 0 Å². The lowest BCUT2D eigenvalue weighted by Crippen LogP contribution is -2.46. The molecule has 0 bridgehead atoms. The zero-order chi connectivity index (χ0) is 13.8. The quantitative estimate of drug-likeness (QED) is 0.776. The highest BCUT2D eigenvalue weighted by Crippen LogP contribution is 2.44. The van der Waals surface area contributed by atoms with Gasteiger partial charge >= 0.3 is 0 Å². The van der Waals surface area contributed by atoms with E-state index in [1.165, 1.54) is 64.5 Å². The first-order chi connectivity index (χ1) is 9.86. The molecule has 0 aromatic rings. The van der Waals surface area contributed by atoms with Gasteiger partial charge < -0.3 is 10.1 Å². The van der Waals surface area contributed by atoms with Crippen molar-refractivity contribution < 1.29 is 4.74 Å². The minimum Gasteiger partial charge on any atom is -0.383 e. The lowest BCUT2D eigenvalue weighted by Gasteiger charge is -2.39. The summed E-state index contributed by atoms with van der Waals surface area (Å²) in [5, 5.41) is 3.67. The molecule has 1 aliphatic heterocycles. The van der Waals surface area contributed by atoms with Gasteiger partial charge in [-0.1, -0.05) is 12.8 Å². The fourth-order valence-corrected chi connectivity index (χ4v) is 4.36. The van der Waals surface area contributed by atoms with Crippen LogP contribution in [0, 0.1) is 11.8 Å². The molecule has 1 heterocycles. The molecule has 0 amide bonds. The minimum atomic E-state index is 0.730. The molecule has 3 unspecified atom stereocenters. The molecule has 116 valence electrons. The molecule has 3 heteroatoms. The molecule has 3 nitrogen and oxygen atoms in total. The Balaban J connectivity index is 1.54. The SMILES string of the molecule is COCCN(CC1CCCN1)C1CCCC(C2CC2)C1. The molecule has 0 aromatic carbocycles. The average molecular weight is 280 g/mol. The molecule has 3 rings (SSSR count). The van der Waals surface area contributed by atoms with Crippen LogP contribution in [-0.4, -0.2) is 50.3 Å². The maximum Gasteiger partial charge on any atom is 0.0589 e. The number of ether oxygens (including phenoxy) is 1. The van der Waals surface area contributed by atoms with Gasteiger partial charge in [0.1, 0.15) is 0 Å². The van der Waals surface area contributed by atoms with Crippen molar-refractivity contribution in [3.05, 3.63) is 0 Å². The van der Waals surface area contributed by atoms with E-state index in [1.807, 2.05) is 7.11 Å². The summed E-state index contributed by atoms with van der Waals surface area (Å²) in [6.07, 6.45) is 11.6. The van der Waals surface area contributed by atoms with Crippen molar-refractivity contribution in [1.29, 1.82) is 0 Å². The zero-order valence-corrected chi connectivity index (χ0v) is 13.2. The molecule has 3 aliphatic rings. The van der Waals surface area contributed by atoms with Gasteiger partial charge in [-0.15, -0.1) is 0 Å². The summed E-state index contributed by atoms with van der Waals surface area (Å²) in [6.45, 7) is 4.47. The van der Waals surface area contributed by atoms with Crippen LogP contribution in [0.2, 0.25) is 0 Å². The summed E-state index contributed by atoms with van der Waals surface area (Å²) in [4.78, 5) is 2.75. The highest BCUT2D eigenvalue weighted by atomic mass is 16.5. The summed E-state index contributed by atoms with van der Waals surface area (Å²) in [6, 6.07) is 1.56. The Bertz CT molecular complexity index is 287. The second-order valence-corrected chi connectivity index (χ2v) is 7.20. The Morgan fingerprint density at radius 2 is 1.95 bits per heavy atom. The Hall–Kier alpha value is -0.120. The predicted octanol–water partition coefficient (Wildman–Crippen LogP) is 2.66. The van der Waals surface area contributed by atoms with Crippen molar-refractivity contribution in [1.82, 2.24) is 10.2 Å². The summed E-state index contributed by atoms with van der Waals surface area (Å²) in [5.74, 6) is 2.13. The molecule has 3 fully saturated rings. The topological polar surface area (TPSA) is 24.5 Å². The zero-order valence-electron chi connectivity index (χ0n) is 13.2. The van der Waals surface area contributed by atoms with Gasteiger partial charge in [-0.25, -0.2) is 0 Å². The predicted molar refractivity (Wildman–Crippen MR) is 82.9 cm³/mol. The maximum atomic E-state index is 5.35. The van der Waals surface area contributed by atoms with E-state index in [0.29, 0.717) is 0 Å². The number of nitrogens with one attached hydrogen (secondary N) is 1. The first-order valence-electron chi connectivity index (χ1n) is 8.83. The van der Waals surface area contributed by atoms with Crippen molar-refractivity contribution in [2.45, 2.75) is 63.5 Å². The smallest absolute Gasteiger partial charge is 0.0589 e. The third-order valence-corrected chi connectivity index (χ3v) is 5.69. The molecule has 1 N–H and O–H groups in total. The van der Waals surface area contributed by atoms with Crippen molar-refractivity contribution in [3.8, 4) is 0 Å². The van der Waals surface area contributed by atoms with Crippen LogP contribution in [0.25, 0.3) is 0 Å². The number of nitrogens with zero attached hydrogens (tertiary/aromatic N) is 1. The van der Waals surface area contributed by atoms with E-state index in [0.717, 1.165) is 37.1 Å². The summed E-state index contributed by atoms with van der Waals surface area (Å²) in [5.41, 5.74) is 0. The van der Waals surface area contributed by atoms with E-state index in [1.54, 1.807) is 0 Å². The summed E-state index contributed by atoms with van der Waals surface area (Å²) >= 11 is 0. The minimum absolute atomic E-state index is 0.730. The number of rotatable bonds is 7. The lowest BCUT2D eigenvalue weighted by atomic mass is 9.82. The average Bonchev–Trinajstić information content (AvgIpc) is 3.21. The standard InChI is InChI=1S/C17H32N2O/c1-20-11-10-19(13-16-5-3-9-18-16)17-6-2-4-15(12-17)14-7-8-14/h14-18H,2-13H2,1H3. The number of hydrogen-bond donors (Lipinski definition) is 1. The Labute approximate surface area is 124 Å². The van der Waals surface area contributed by atoms with Gasteiger partial charge in [0.05, 0.1) is 6.61 Å². The van der Waals surface area contributed by atoms with Crippen LogP contribution in [0.3, 0.4) is 0 Å². The normalized spacial score (nSPS) is 34.8. The summed E-state index contributed by atoms with van der Waals surface area (Å²) in [7, 11) is 1.83. The van der Waals surface area contributed by atoms with Gasteiger partial charge in [0, 0.05) is 32.3 Å². The van der Waals surface area contributed by atoms with Crippen LogP contribution in [0.15, 0.2) is 0 Å². The van der Waals surface area contributed by atoms with E-state index in [2.05, 4.69) is 10.2 Å². The van der Waals surface area contributed by atoms with Crippen LogP contribution < -0.4 is 5.32 Å². The molecule has 0 spiro atoms. The largest absolute Gasteiger partial charge is 0.383 e. The van der Waals surface area contributed by atoms with Gasteiger partial charge in [0.25, 0.3) is 0 Å². The van der Waals surface area contributed by atoms with Crippen LogP contribution in [0.4, 0.5) is 0 Å². The van der Waals surface area contributed by atoms with E-state index in [4.69, 9.17) is 4.74 Å². The second kappa shape index (κ2) is 7.24. The van der Waals surface area contributed by atoms with Gasteiger partial charge in [-0.3, -0.25) is 4.90 Å². The van der Waals surface area contributed by atoms with Crippen LogP contribution in [-0.2, 0) is 4.74 Å². The first kappa shape index (κ1) is 14.8. The van der Waals surface area contributed by atoms with Crippen molar-refractivity contribution >= 4 is 0 Å². The lowest BCUT2D eigenvalue weighted by molar-refractivity contribution is 0.0789. The van der Waals surface area contributed by atoms with Crippen molar-refractivity contribution in [2.24, 2.45) is 11.8 Å². The first-order valence-corrected chi connectivity index (χ1v) is 8.83. The molecule has 2 aliphatic carbocycles. The van der Waals surface area contributed by atoms with E-state index >= 15 is 0 Å².